The van der Waals surface area contributed by atoms with Gasteiger partial charge < -0.3 is 15.8 Å². The Morgan fingerprint density at radius 2 is 2.33 bits per heavy atom. The Balaban J connectivity index is 2.86. The van der Waals surface area contributed by atoms with E-state index in [2.05, 4.69) is 5.32 Å². The van der Waals surface area contributed by atoms with Gasteiger partial charge in [-0.3, -0.25) is 5.41 Å². The molecule has 15 heavy (non-hydrogen) atoms. The van der Waals surface area contributed by atoms with Crippen molar-refractivity contribution >= 4 is 17.3 Å². The summed E-state index contributed by atoms with van der Waals surface area (Å²) >= 11 is 0. The maximum absolute atomic E-state index is 12.9. The van der Waals surface area contributed by atoms with Crippen LogP contribution in [-0.4, -0.2) is 26.2 Å². The van der Waals surface area contributed by atoms with Gasteiger partial charge in [-0.1, -0.05) is 6.07 Å². The Kier molecular flexibility index (Phi) is 4.05. The molecule has 0 unspecified atom stereocenters. The summed E-state index contributed by atoms with van der Waals surface area (Å²) in [5, 5.41) is 9.93. The molecule has 1 aromatic carbocycles. The first-order valence-electron chi connectivity index (χ1n) is 4.52. The third-order valence-electron chi connectivity index (χ3n) is 1.94. The lowest BCUT2D eigenvalue weighted by molar-refractivity contribution is 0.211. The molecule has 0 amide bonds. The number of nitrogen functional groups attached to an aromatic ring is 1. The van der Waals surface area contributed by atoms with Crippen molar-refractivity contribution in [1.82, 2.24) is 0 Å². The van der Waals surface area contributed by atoms with Gasteiger partial charge in [0.2, 0.25) is 5.97 Å². The molecule has 5 heteroatoms. The molecule has 0 radical (unpaired) electrons. The van der Waals surface area contributed by atoms with Crippen molar-refractivity contribution in [2.45, 2.75) is 0 Å². The molecular weight excluding hydrogens is 197 g/mol. The summed E-state index contributed by atoms with van der Waals surface area (Å²) in [6.07, 6.45) is 0. The van der Waals surface area contributed by atoms with E-state index in [9.17, 15) is 4.39 Å². The van der Waals surface area contributed by atoms with Gasteiger partial charge in [0.1, 0.15) is 0 Å². The molecule has 0 saturated carbocycles. The van der Waals surface area contributed by atoms with Crippen LogP contribution in [-0.2, 0) is 4.74 Å². The number of rotatable bonds is 5. The minimum Gasteiger partial charge on any atom is -0.398 e. The SMILES string of the molecule is COCCNc1cccc(N)c1C(=N)F. The van der Waals surface area contributed by atoms with E-state index in [4.69, 9.17) is 15.9 Å². The smallest absolute Gasteiger partial charge is 0.217 e. The Morgan fingerprint density at radius 1 is 1.60 bits per heavy atom. The third kappa shape index (κ3) is 2.92. The predicted molar refractivity (Wildman–Crippen MR) is 59.2 cm³/mol. The fourth-order valence-electron chi connectivity index (χ4n) is 1.25. The van der Waals surface area contributed by atoms with Gasteiger partial charge in [-0.15, -0.1) is 0 Å². The van der Waals surface area contributed by atoms with Gasteiger partial charge in [0, 0.05) is 25.0 Å². The average molecular weight is 211 g/mol. The van der Waals surface area contributed by atoms with Crippen LogP contribution in [0.3, 0.4) is 0 Å². The molecule has 1 rings (SSSR count). The number of anilines is 2. The van der Waals surface area contributed by atoms with Gasteiger partial charge >= 0.3 is 0 Å². The second-order valence-corrected chi connectivity index (χ2v) is 3.00. The summed E-state index contributed by atoms with van der Waals surface area (Å²) in [7, 11) is 1.58. The molecule has 0 aliphatic carbocycles. The summed E-state index contributed by atoms with van der Waals surface area (Å²) in [6, 6.07) is 4.94. The highest BCUT2D eigenvalue weighted by Crippen LogP contribution is 2.22. The van der Waals surface area contributed by atoms with E-state index in [1.54, 1.807) is 25.3 Å². The molecule has 0 atom stereocenters. The van der Waals surface area contributed by atoms with E-state index in [-0.39, 0.29) is 11.3 Å². The molecule has 0 aliphatic rings. The standard InChI is InChI=1S/C10H14FN3O/c1-15-6-5-14-8-4-2-3-7(12)9(8)10(11)13/h2-4,13-14H,5-6,12H2,1H3. The molecule has 1 aromatic rings. The normalized spacial score (nSPS) is 10.0. The van der Waals surface area contributed by atoms with Crippen LogP contribution in [0.2, 0.25) is 0 Å². The molecule has 0 spiro atoms. The maximum atomic E-state index is 12.9. The van der Waals surface area contributed by atoms with Crippen molar-refractivity contribution < 1.29 is 9.13 Å². The Morgan fingerprint density at radius 3 is 2.93 bits per heavy atom. The largest absolute Gasteiger partial charge is 0.398 e. The first-order valence-corrected chi connectivity index (χ1v) is 4.52. The molecule has 4 N–H and O–H groups in total. The maximum Gasteiger partial charge on any atom is 0.217 e. The predicted octanol–water partition coefficient (Wildman–Crippen LogP) is 1.62. The van der Waals surface area contributed by atoms with Crippen LogP contribution < -0.4 is 11.1 Å². The van der Waals surface area contributed by atoms with E-state index < -0.39 is 5.97 Å². The number of hydrogen-bond donors (Lipinski definition) is 3. The summed E-state index contributed by atoms with van der Waals surface area (Å²) in [5.74, 6) is -1.03. The van der Waals surface area contributed by atoms with Crippen molar-refractivity contribution in [2.75, 3.05) is 31.3 Å². The Bertz CT molecular complexity index is 355. The molecule has 0 saturated heterocycles. The molecule has 4 nitrogen and oxygen atoms in total. The summed E-state index contributed by atoms with van der Waals surface area (Å²) in [5.41, 5.74) is 6.45. The van der Waals surface area contributed by atoms with Crippen LogP contribution in [0.25, 0.3) is 0 Å². The van der Waals surface area contributed by atoms with Gasteiger partial charge in [0.15, 0.2) is 0 Å². The number of methoxy groups -OCH3 is 1. The van der Waals surface area contributed by atoms with Gasteiger partial charge in [-0.2, -0.15) is 4.39 Å². The van der Waals surface area contributed by atoms with E-state index in [0.717, 1.165) is 0 Å². The van der Waals surface area contributed by atoms with Crippen LogP contribution >= 0.6 is 0 Å². The second-order valence-electron chi connectivity index (χ2n) is 3.00. The third-order valence-corrected chi connectivity index (χ3v) is 1.94. The zero-order valence-electron chi connectivity index (χ0n) is 8.51. The second kappa shape index (κ2) is 5.31. The highest BCUT2D eigenvalue weighted by atomic mass is 19.1. The molecule has 0 heterocycles. The number of hydrogen-bond acceptors (Lipinski definition) is 4. The van der Waals surface area contributed by atoms with E-state index in [1.165, 1.54) is 0 Å². The van der Waals surface area contributed by atoms with Crippen LogP contribution in [0.5, 0.6) is 0 Å². The lowest BCUT2D eigenvalue weighted by atomic mass is 10.1. The van der Waals surface area contributed by atoms with Gasteiger partial charge in [-0.05, 0) is 12.1 Å². The highest BCUT2D eigenvalue weighted by molar-refractivity contribution is 6.01. The number of halogens is 1. The highest BCUT2D eigenvalue weighted by Gasteiger charge is 2.10. The molecular formula is C10H14FN3O. The number of ether oxygens (including phenoxy) is 1. The lowest BCUT2D eigenvalue weighted by Crippen LogP contribution is -2.11. The lowest BCUT2D eigenvalue weighted by Gasteiger charge is -2.11. The van der Waals surface area contributed by atoms with Crippen molar-refractivity contribution in [2.24, 2.45) is 0 Å². The first-order chi connectivity index (χ1) is 7.16. The van der Waals surface area contributed by atoms with Crippen molar-refractivity contribution in [1.29, 1.82) is 5.41 Å². The van der Waals surface area contributed by atoms with Gasteiger partial charge in [0.05, 0.1) is 12.2 Å². The first kappa shape index (κ1) is 11.5. The molecule has 0 aliphatic heterocycles. The molecule has 82 valence electrons. The number of nitrogens with two attached hydrogens (primary N) is 1. The fraction of sp³-hybridized carbons (Fsp3) is 0.300. The van der Waals surface area contributed by atoms with E-state index in [1.807, 2.05) is 0 Å². The van der Waals surface area contributed by atoms with Crippen LogP contribution in [0, 0.1) is 5.41 Å². The average Bonchev–Trinajstić information content (AvgIpc) is 2.17. The number of benzene rings is 1. The van der Waals surface area contributed by atoms with Crippen molar-refractivity contribution in [3.8, 4) is 0 Å². The van der Waals surface area contributed by atoms with Gasteiger partial charge in [-0.25, -0.2) is 0 Å². The fourth-order valence-corrected chi connectivity index (χ4v) is 1.25. The molecule has 0 bridgehead atoms. The van der Waals surface area contributed by atoms with Crippen molar-refractivity contribution in [3.05, 3.63) is 23.8 Å². The summed E-state index contributed by atoms with van der Waals surface area (Å²) in [6.45, 7) is 1.05. The van der Waals surface area contributed by atoms with Gasteiger partial charge in [0.25, 0.3) is 0 Å². The topological polar surface area (TPSA) is 71.1 Å². The minimum absolute atomic E-state index is 0.105. The van der Waals surface area contributed by atoms with Crippen LogP contribution in [0.15, 0.2) is 18.2 Å². The summed E-state index contributed by atoms with van der Waals surface area (Å²) in [4.78, 5) is 0. The van der Waals surface area contributed by atoms with E-state index in [0.29, 0.717) is 18.8 Å². The zero-order chi connectivity index (χ0) is 11.3. The zero-order valence-corrected chi connectivity index (χ0v) is 8.51. The Hall–Kier alpha value is -1.62. The van der Waals surface area contributed by atoms with Crippen LogP contribution in [0.1, 0.15) is 5.56 Å². The Labute approximate surface area is 87.7 Å². The van der Waals surface area contributed by atoms with Crippen molar-refractivity contribution in [3.63, 3.8) is 0 Å². The molecule has 0 fully saturated rings. The monoisotopic (exact) mass is 211 g/mol. The summed E-state index contributed by atoms with van der Waals surface area (Å²) < 4.78 is 17.7. The molecule has 0 aromatic heterocycles. The quantitative estimate of drug-likeness (QED) is 0.393. The van der Waals surface area contributed by atoms with E-state index >= 15 is 0 Å². The minimum atomic E-state index is -1.03. The van der Waals surface area contributed by atoms with Crippen LogP contribution in [0.4, 0.5) is 15.8 Å². The number of nitrogens with one attached hydrogen (secondary N) is 2.